The molecule has 2 bridgehead atoms. The minimum atomic E-state index is -3.12. The molecule has 2 atom stereocenters. The zero-order valence-corrected chi connectivity index (χ0v) is 11.8. The van der Waals surface area contributed by atoms with Gasteiger partial charge in [-0.3, -0.25) is 0 Å². The van der Waals surface area contributed by atoms with Gasteiger partial charge in [0.15, 0.2) is 0 Å². The number of rotatable bonds is 4. The first kappa shape index (κ1) is 13.3. The summed E-state index contributed by atoms with van der Waals surface area (Å²) < 4.78 is 31.2. The third kappa shape index (κ3) is 2.66. The monoisotopic (exact) mass is 261 g/mol. The lowest BCUT2D eigenvalue weighted by atomic mass is 9.79. The Morgan fingerprint density at radius 2 is 1.76 bits per heavy atom. The lowest BCUT2D eigenvalue weighted by molar-refractivity contribution is 0.128. The average Bonchev–Trinajstić information content (AvgIpc) is 2.50. The maximum Gasteiger partial charge on any atom is 0.216 e. The maximum absolute atomic E-state index is 12.3. The summed E-state index contributed by atoms with van der Waals surface area (Å²) in [7, 11) is -1.58. The second-order valence-electron chi connectivity index (χ2n) is 6.10. The van der Waals surface area contributed by atoms with Crippen molar-refractivity contribution in [3.05, 3.63) is 0 Å². The summed E-state index contributed by atoms with van der Waals surface area (Å²) in [6.07, 6.45) is 4.05. The van der Waals surface area contributed by atoms with E-state index in [2.05, 4.69) is 13.8 Å². The Hall–Kier alpha value is -0.130. The quantitative estimate of drug-likeness (QED) is 0.772. The Kier molecular flexibility index (Phi) is 3.54. The molecule has 0 radical (unpaired) electrons. The lowest BCUT2D eigenvalue weighted by Crippen LogP contribution is -2.49. The van der Waals surface area contributed by atoms with Gasteiger partial charge in [0.05, 0.1) is 12.4 Å². The number of fused-ring (bicyclic) bond motifs is 2. The Morgan fingerprint density at radius 1 is 1.24 bits per heavy atom. The second-order valence-corrected chi connectivity index (χ2v) is 8.09. The topological polar surface area (TPSA) is 46.6 Å². The molecule has 5 heteroatoms. The zero-order valence-electron chi connectivity index (χ0n) is 11.0. The highest BCUT2D eigenvalue weighted by molar-refractivity contribution is 7.89. The van der Waals surface area contributed by atoms with Crippen LogP contribution in [0, 0.1) is 5.41 Å². The zero-order chi connectivity index (χ0) is 12.7. The van der Waals surface area contributed by atoms with Crippen molar-refractivity contribution in [2.75, 3.05) is 19.5 Å². The molecule has 0 N–H and O–H groups in total. The molecule has 0 amide bonds. The molecule has 4 nitrogen and oxygen atoms in total. The van der Waals surface area contributed by atoms with Crippen molar-refractivity contribution in [1.82, 2.24) is 4.31 Å². The molecule has 0 aromatic rings. The van der Waals surface area contributed by atoms with Gasteiger partial charge in [-0.05, 0) is 31.1 Å². The van der Waals surface area contributed by atoms with Crippen molar-refractivity contribution in [3.63, 3.8) is 0 Å². The van der Waals surface area contributed by atoms with Crippen molar-refractivity contribution in [2.24, 2.45) is 5.41 Å². The normalized spacial score (nSPS) is 32.9. The van der Waals surface area contributed by atoms with E-state index in [9.17, 15) is 8.42 Å². The first-order chi connectivity index (χ1) is 7.86. The van der Waals surface area contributed by atoms with Crippen LogP contribution in [0.4, 0.5) is 0 Å². The predicted octanol–water partition coefficient (Wildman–Crippen LogP) is 1.62. The van der Waals surface area contributed by atoms with Crippen LogP contribution in [0.15, 0.2) is 0 Å². The van der Waals surface area contributed by atoms with Gasteiger partial charge >= 0.3 is 0 Å². The Balaban J connectivity index is 2.14. The van der Waals surface area contributed by atoms with E-state index in [1.54, 1.807) is 11.4 Å². The third-order valence-electron chi connectivity index (χ3n) is 4.00. The van der Waals surface area contributed by atoms with Gasteiger partial charge in [-0.15, -0.1) is 0 Å². The average molecular weight is 261 g/mol. The van der Waals surface area contributed by atoms with Crippen molar-refractivity contribution >= 4 is 10.0 Å². The fraction of sp³-hybridized carbons (Fsp3) is 1.00. The minimum absolute atomic E-state index is 0.122. The van der Waals surface area contributed by atoms with Gasteiger partial charge in [0.1, 0.15) is 0 Å². The summed E-state index contributed by atoms with van der Waals surface area (Å²) in [5.74, 6) is 0.122. The van der Waals surface area contributed by atoms with E-state index in [0.717, 1.165) is 25.7 Å². The maximum atomic E-state index is 12.3. The molecule has 2 aliphatic heterocycles. The number of piperidine rings is 1. The molecule has 2 fully saturated rings. The van der Waals surface area contributed by atoms with Crippen LogP contribution in [0.3, 0.4) is 0 Å². The van der Waals surface area contributed by atoms with Crippen molar-refractivity contribution in [3.8, 4) is 0 Å². The van der Waals surface area contributed by atoms with E-state index in [1.807, 2.05) is 0 Å². The minimum Gasteiger partial charge on any atom is -0.384 e. The van der Waals surface area contributed by atoms with Crippen molar-refractivity contribution < 1.29 is 13.2 Å². The molecule has 2 unspecified atom stereocenters. The number of methoxy groups -OCH3 is 1. The summed E-state index contributed by atoms with van der Waals surface area (Å²) >= 11 is 0. The summed E-state index contributed by atoms with van der Waals surface area (Å²) in [4.78, 5) is 0. The van der Waals surface area contributed by atoms with E-state index >= 15 is 0 Å². The van der Waals surface area contributed by atoms with Crippen LogP contribution in [0.1, 0.15) is 39.5 Å². The van der Waals surface area contributed by atoms with Gasteiger partial charge in [-0.1, -0.05) is 13.8 Å². The fourth-order valence-electron chi connectivity index (χ4n) is 3.43. The molecule has 2 saturated heterocycles. The number of hydrogen-bond acceptors (Lipinski definition) is 3. The summed E-state index contributed by atoms with van der Waals surface area (Å²) in [5.41, 5.74) is 0.291. The molecule has 2 rings (SSSR count). The Bertz CT molecular complexity index is 361. The van der Waals surface area contributed by atoms with Crippen LogP contribution in [0.25, 0.3) is 0 Å². The Labute approximate surface area is 104 Å². The first-order valence-corrected chi connectivity index (χ1v) is 7.97. The van der Waals surface area contributed by atoms with Crippen molar-refractivity contribution in [2.45, 2.75) is 51.6 Å². The molecule has 100 valence electrons. The van der Waals surface area contributed by atoms with Gasteiger partial charge in [-0.25, -0.2) is 8.42 Å². The number of sulfonamides is 1. The van der Waals surface area contributed by atoms with Crippen LogP contribution in [0.5, 0.6) is 0 Å². The van der Waals surface area contributed by atoms with E-state index in [1.165, 1.54) is 0 Å². The molecule has 0 saturated carbocycles. The third-order valence-corrected chi connectivity index (χ3v) is 5.92. The molecule has 2 heterocycles. The first-order valence-electron chi connectivity index (χ1n) is 6.36. The van der Waals surface area contributed by atoms with Gasteiger partial charge in [0.25, 0.3) is 0 Å². The van der Waals surface area contributed by atoms with Crippen LogP contribution in [-0.2, 0) is 14.8 Å². The lowest BCUT2D eigenvalue weighted by Gasteiger charge is -2.42. The standard InChI is InChI=1S/C12H23NO3S/c1-12(2)8-10-4-5-11(9-12)13(10)17(14,15)7-6-16-3/h10-11H,4-9H2,1-3H3. The van der Waals surface area contributed by atoms with Gasteiger partial charge < -0.3 is 4.74 Å². The van der Waals surface area contributed by atoms with E-state index < -0.39 is 10.0 Å². The van der Waals surface area contributed by atoms with E-state index in [0.29, 0.717) is 12.0 Å². The highest BCUT2D eigenvalue weighted by atomic mass is 32.2. The molecular formula is C12H23NO3S. The number of hydrogen-bond donors (Lipinski definition) is 0. The van der Waals surface area contributed by atoms with Crippen LogP contribution in [0.2, 0.25) is 0 Å². The summed E-state index contributed by atoms with van der Waals surface area (Å²) in [6, 6.07) is 0.455. The summed E-state index contributed by atoms with van der Waals surface area (Å²) in [6.45, 7) is 4.79. The Morgan fingerprint density at radius 3 is 2.24 bits per heavy atom. The summed E-state index contributed by atoms with van der Waals surface area (Å²) in [5, 5.41) is 0. The van der Waals surface area contributed by atoms with E-state index in [-0.39, 0.29) is 17.8 Å². The van der Waals surface area contributed by atoms with Crippen LogP contribution in [-0.4, -0.2) is 44.3 Å². The highest BCUT2D eigenvalue weighted by Gasteiger charge is 2.48. The number of ether oxygens (including phenoxy) is 1. The predicted molar refractivity (Wildman–Crippen MR) is 67.3 cm³/mol. The largest absolute Gasteiger partial charge is 0.384 e. The van der Waals surface area contributed by atoms with Gasteiger partial charge in [0, 0.05) is 19.2 Å². The van der Waals surface area contributed by atoms with Crippen LogP contribution >= 0.6 is 0 Å². The fourth-order valence-corrected chi connectivity index (χ4v) is 5.29. The van der Waals surface area contributed by atoms with Gasteiger partial charge in [0.2, 0.25) is 10.0 Å². The SMILES string of the molecule is COCCS(=O)(=O)N1C2CCC1CC(C)(C)C2. The molecule has 2 aliphatic rings. The molecule has 0 aliphatic carbocycles. The number of nitrogens with zero attached hydrogens (tertiary/aromatic N) is 1. The highest BCUT2D eigenvalue weighted by Crippen LogP contribution is 2.46. The molecule has 17 heavy (non-hydrogen) atoms. The molecule has 0 aromatic carbocycles. The molecule has 0 spiro atoms. The second kappa shape index (κ2) is 4.52. The van der Waals surface area contributed by atoms with E-state index in [4.69, 9.17) is 4.74 Å². The van der Waals surface area contributed by atoms with Crippen molar-refractivity contribution in [1.29, 1.82) is 0 Å². The van der Waals surface area contributed by atoms with Crippen LogP contribution < -0.4 is 0 Å². The molecular weight excluding hydrogens is 238 g/mol. The smallest absolute Gasteiger partial charge is 0.216 e. The van der Waals surface area contributed by atoms with Gasteiger partial charge in [-0.2, -0.15) is 4.31 Å². The molecule has 0 aromatic heterocycles.